The fraction of sp³-hybridized carbons (Fsp3) is 0.217. The van der Waals surface area contributed by atoms with Gasteiger partial charge in [-0.25, -0.2) is 4.39 Å². The highest BCUT2D eigenvalue weighted by atomic mass is 79.9. The molecule has 0 aliphatic heterocycles. The number of rotatable bonds is 8. The first-order valence-electron chi connectivity index (χ1n) is 10.6. The number of halogens is 2. The van der Waals surface area contributed by atoms with Crippen LogP contribution in [0.2, 0.25) is 0 Å². The van der Waals surface area contributed by atoms with Crippen molar-refractivity contribution in [3.8, 4) is 17.0 Å². The number of nitro groups is 1. The third-order valence-electron chi connectivity index (χ3n) is 5.29. The zero-order chi connectivity index (χ0) is 25.3. The van der Waals surface area contributed by atoms with E-state index in [9.17, 15) is 19.3 Å². The minimum absolute atomic E-state index is 0.0940. The number of carbonyl (C=O) groups is 1. The summed E-state index contributed by atoms with van der Waals surface area (Å²) in [4.78, 5) is 29.0. The van der Waals surface area contributed by atoms with Gasteiger partial charge in [0.2, 0.25) is 11.5 Å². The van der Waals surface area contributed by atoms with Gasteiger partial charge in [0.25, 0.3) is 0 Å². The zero-order valence-corrected chi connectivity index (χ0v) is 20.6. The molecule has 0 saturated carbocycles. The molecule has 0 bridgehead atoms. The molecule has 0 fully saturated rings. The van der Waals surface area contributed by atoms with Crippen LogP contribution in [0.3, 0.4) is 0 Å². The molecule has 1 aromatic carbocycles. The van der Waals surface area contributed by atoms with Crippen molar-refractivity contribution in [1.29, 1.82) is 0 Å². The van der Waals surface area contributed by atoms with Crippen LogP contribution in [0.1, 0.15) is 41.6 Å². The lowest BCUT2D eigenvalue weighted by molar-refractivity contribution is -0.390. The number of aryl methyl sites for hydroxylation is 2. The average Bonchev–Trinajstić information content (AvgIpc) is 3.45. The molecule has 0 N–H and O–H groups in total. The Morgan fingerprint density at radius 1 is 1.29 bits per heavy atom. The monoisotopic (exact) mass is 542 g/mol. The van der Waals surface area contributed by atoms with Gasteiger partial charge in [0.15, 0.2) is 11.9 Å². The van der Waals surface area contributed by atoms with E-state index in [1.807, 2.05) is 11.5 Å². The fourth-order valence-electron chi connectivity index (χ4n) is 3.63. The van der Waals surface area contributed by atoms with Crippen molar-refractivity contribution >= 4 is 27.5 Å². The Kier molecular flexibility index (Phi) is 6.74. The second-order valence-corrected chi connectivity index (χ2v) is 8.59. The van der Waals surface area contributed by atoms with Gasteiger partial charge in [-0.2, -0.15) is 9.90 Å². The Labute approximate surface area is 207 Å². The summed E-state index contributed by atoms with van der Waals surface area (Å²) < 4.78 is 22.5. The lowest BCUT2D eigenvalue weighted by Gasteiger charge is -2.18. The predicted octanol–water partition coefficient (Wildman–Crippen LogP) is 4.88. The molecule has 35 heavy (non-hydrogen) atoms. The van der Waals surface area contributed by atoms with Gasteiger partial charge in [-0.3, -0.25) is 4.79 Å². The van der Waals surface area contributed by atoms with E-state index >= 15 is 0 Å². The molecule has 10 nitrogen and oxygen atoms in total. The summed E-state index contributed by atoms with van der Waals surface area (Å²) in [6.07, 6.45) is 3.94. The topological polar surface area (TPSA) is 118 Å². The predicted molar refractivity (Wildman–Crippen MR) is 128 cm³/mol. The molecule has 0 amide bonds. The summed E-state index contributed by atoms with van der Waals surface area (Å²) in [5.74, 6) is -1.45. The molecule has 3 aromatic heterocycles. The molecular weight excluding hydrogens is 523 g/mol. The van der Waals surface area contributed by atoms with Gasteiger partial charge < -0.3 is 19.4 Å². The van der Waals surface area contributed by atoms with Crippen LogP contribution < -0.4 is 4.74 Å². The minimum Gasteiger partial charge on any atom is -0.478 e. The average molecular weight is 543 g/mol. The number of carbonyl (C=O) groups excluding carboxylic acids is 1. The number of nitrogens with zero attached hydrogens (tertiary/aromatic N) is 6. The number of hydrogen-bond acceptors (Lipinski definition) is 7. The van der Waals surface area contributed by atoms with Crippen LogP contribution in [-0.4, -0.2) is 35.3 Å². The van der Waals surface area contributed by atoms with Gasteiger partial charge in [-0.15, -0.1) is 5.10 Å². The largest absolute Gasteiger partial charge is 0.478 e. The van der Waals surface area contributed by atoms with Crippen LogP contribution >= 0.6 is 15.9 Å². The third kappa shape index (κ3) is 4.97. The standard InChI is InChI=1S/C23H20BrFN6O4/c1-4-30-8-7-14(12-30)22(32)21-20(27-29(3)28-21)17-6-5-16(25)10-18(17)13(2)35-19-9-15(24)11-26-23(19)31(33)34/h5-13H,4H2,1-3H3/t13-/m1/s1. The minimum atomic E-state index is -0.860. The summed E-state index contributed by atoms with van der Waals surface area (Å²) in [6, 6.07) is 7.08. The Morgan fingerprint density at radius 2 is 2.06 bits per heavy atom. The molecule has 0 aliphatic carbocycles. The molecular formula is C23H20BrFN6O4. The maximum atomic E-state index is 14.3. The molecule has 0 saturated heterocycles. The van der Waals surface area contributed by atoms with Crippen molar-refractivity contribution in [2.75, 3.05) is 0 Å². The molecule has 3 heterocycles. The highest BCUT2D eigenvalue weighted by Crippen LogP contribution is 2.36. The van der Waals surface area contributed by atoms with E-state index in [-0.39, 0.29) is 22.9 Å². The number of ketones is 1. The van der Waals surface area contributed by atoms with Gasteiger partial charge in [-0.1, -0.05) is 0 Å². The third-order valence-corrected chi connectivity index (χ3v) is 5.72. The highest BCUT2D eigenvalue weighted by Gasteiger charge is 2.27. The molecule has 0 unspecified atom stereocenters. The van der Waals surface area contributed by atoms with Crippen molar-refractivity contribution in [2.24, 2.45) is 7.05 Å². The Balaban J connectivity index is 1.77. The van der Waals surface area contributed by atoms with E-state index in [4.69, 9.17) is 4.74 Å². The summed E-state index contributed by atoms with van der Waals surface area (Å²) >= 11 is 3.23. The van der Waals surface area contributed by atoms with Crippen molar-refractivity contribution < 1.29 is 18.8 Å². The van der Waals surface area contributed by atoms with Gasteiger partial charge in [0.05, 0.1) is 4.47 Å². The number of ether oxygens (including phenoxy) is 1. The van der Waals surface area contributed by atoms with Crippen LogP contribution in [0.25, 0.3) is 11.3 Å². The molecule has 4 aromatic rings. The van der Waals surface area contributed by atoms with Crippen LogP contribution in [0.4, 0.5) is 10.2 Å². The Bertz CT molecular complexity index is 1430. The van der Waals surface area contributed by atoms with Crippen LogP contribution in [0.15, 0.2) is 53.4 Å². The smallest absolute Gasteiger partial charge is 0.406 e. The van der Waals surface area contributed by atoms with Crippen molar-refractivity contribution in [1.82, 2.24) is 24.5 Å². The normalized spacial score (nSPS) is 11.9. The van der Waals surface area contributed by atoms with Crippen molar-refractivity contribution in [3.63, 3.8) is 0 Å². The van der Waals surface area contributed by atoms with E-state index in [0.29, 0.717) is 27.7 Å². The van der Waals surface area contributed by atoms with E-state index in [1.54, 1.807) is 32.4 Å². The molecule has 12 heteroatoms. The lowest BCUT2D eigenvalue weighted by Crippen LogP contribution is -2.09. The first kappa shape index (κ1) is 24.2. The molecule has 0 aliphatic rings. The zero-order valence-electron chi connectivity index (χ0n) is 19.0. The number of pyridine rings is 1. The summed E-state index contributed by atoms with van der Waals surface area (Å²) in [7, 11) is 1.58. The summed E-state index contributed by atoms with van der Waals surface area (Å²) in [5.41, 5.74) is 1.53. The SMILES string of the molecule is CCn1ccc(C(=O)c2nn(C)nc2-c2ccc(F)cc2[C@@H](C)Oc2cc(Br)cnc2[N+](=O)[O-])c1. The van der Waals surface area contributed by atoms with Crippen LogP contribution in [-0.2, 0) is 13.6 Å². The molecule has 4 rings (SSSR count). The van der Waals surface area contributed by atoms with E-state index < -0.39 is 22.7 Å². The maximum Gasteiger partial charge on any atom is 0.406 e. The molecule has 0 spiro atoms. The number of benzene rings is 1. The van der Waals surface area contributed by atoms with Crippen LogP contribution in [0, 0.1) is 15.9 Å². The van der Waals surface area contributed by atoms with Gasteiger partial charge >= 0.3 is 5.82 Å². The van der Waals surface area contributed by atoms with E-state index in [2.05, 4.69) is 31.1 Å². The van der Waals surface area contributed by atoms with E-state index in [1.165, 1.54) is 35.3 Å². The van der Waals surface area contributed by atoms with Gasteiger partial charge in [0, 0.05) is 48.7 Å². The maximum absolute atomic E-state index is 14.3. The summed E-state index contributed by atoms with van der Waals surface area (Å²) in [6.45, 7) is 4.27. The summed E-state index contributed by atoms with van der Waals surface area (Å²) in [5, 5.41) is 20.0. The van der Waals surface area contributed by atoms with E-state index in [0.717, 1.165) is 0 Å². The second-order valence-electron chi connectivity index (χ2n) is 7.67. The van der Waals surface area contributed by atoms with Gasteiger partial charge in [-0.05, 0) is 64.0 Å². The van der Waals surface area contributed by atoms with Crippen LogP contribution in [0.5, 0.6) is 5.75 Å². The number of aromatic nitrogens is 5. The Hall–Kier alpha value is -3.93. The highest BCUT2D eigenvalue weighted by molar-refractivity contribution is 9.10. The van der Waals surface area contributed by atoms with Gasteiger partial charge in [0.1, 0.15) is 17.6 Å². The molecule has 180 valence electrons. The first-order valence-corrected chi connectivity index (χ1v) is 11.4. The Morgan fingerprint density at radius 3 is 2.74 bits per heavy atom. The second kappa shape index (κ2) is 9.74. The lowest BCUT2D eigenvalue weighted by atomic mass is 9.97. The number of hydrogen-bond donors (Lipinski definition) is 0. The molecule has 0 radical (unpaired) electrons. The first-order chi connectivity index (χ1) is 16.7. The fourth-order valence-corrected chi connectivity index (χ4v) is 3.94. The van der Waals surface area contributed by atoms with Crippen molar-refractivity contribution in [3.05, 3.63) is 86.1 Å². The quantitative estimate of drug-likeness (QED) is 0.177. The van der Waals surface area contributed by atoms with Crippen molar-refractivity contribution in [2.45, 2.75) is 26.5 Å². The molecule has 1 atom stereocenters.